The molecule has 0 aliphatic carbocycles. The summed E-state index contributed by atoms with van der Waals surface area (Å²) < 4.78 is 14.1. The van der Waals surface area contributed by atoms with Crippen LogP contribution >= 0.6 is 34.3 Å². The van der Waals surface area contributed by atoms with Crippen molar-refractivity contribution in [2.45, 2.75) is 25.7 Å². The molecule has 3 N–H and O–H groups in total. The number of nitrogens with zero attached hydrogens (tertiary/aromatic N) is 2. The fraction of sp³-hybridized carbons (Fsp3) is 0.273. The second kappa shape index (κ2) is 9.58. The van der Waals surface area contributed by atoms with Crippen molar-refractivity contribution in [3.8, 4) is 0 Å². The van der Waals surface area contributed by atoms with Crippen LogP contribution in [0.2, 0.25) is 5.02 Å². The number of piperidine rings is 1. The van der Waals surface area contributed by atoms with Crippen LogP contribution in [0.4, 0.5) is 9.39 Å². The third-order valence-electron chi connectivity index (χ3n) is 5.51. The van der Waals surface area contributed by atoms with Gasteiger partial charge in [-0.05, 0) is 42.8 Å². The Labute approximate surface area is 202 Å². The molecule has 33 heavy (non-hydrogen) atoms. The maximum atomic E-state index is 14.1. The molecule has 11 heteroatoms. The molecule has 2 aromatic heterocycles. The molecule has 0 spiro atoms. The van der Waals surface area contributed by atoms with Gasteiger partial charge in [0.25, 0.3) is 17.7 Å². The van der Waals surface area contributed by atoms with Gasteiger partial charge in [-0.15, -0.1) is 22.7 Å². The zero-order valence-electron chi connectivity index (χ0n) is 17.6. The van der Waals surface area contributed by atoms with Crippen LogP contribution in [0.25, 0.3) is 0 Å². The summed E-state index contributed by atoms with van der Waals surface area (Å²) in [6, 6.07) is 4.18. The van der Waals surface area contributed by atoms with Crippen molar-refractivity contribution in [2.75, 3.05) is 18.4 Å². The Morgan fingerprint density at radius 1 is 1.18 bits per heavy atom. The van der Waals surface area contributed by atoms with E-state index in [-0.39, 0.29) is 22.2 Å². The number of carbonyl (C=O) groups excluding carboxylic acids is 3. The molecule has 0 radical (unpaired) electrons. The molecule has 1 aromatic carbocycles. The van der Waals surface area contributed by atoms with Crippen LogP contribution in [0.15, 0.2) is 29.0 Å². The second-order valence-corrected chi connectivity index (χ2v) is 9.85. The number of amides is 3. The van der Waals surface area contributed by atoms with Gasteiger partial charge in [0.2, 0.25) is 0 Å². The van der Waals surface area contributed by atoms with E-state index in [1.165, 1.54) is 40.9 Å². The van der Waals surface area contributed by atoms with Crippen LogP contribution in [-0.2, 0) is 0 Å². The fourth-order valence-electron chi connectivity index (χ4n) is 3.78. The molecular formula is C22H20ClFN4O3S2. The van der Waals surface area contributed by atoms with Gasteiger partial charge < -0.3 is 16.0 Å². The third kappa shape index (κ3) is 4.78. The van der Waals surface area contributed by atoms with Crippen LogP contribution in [-0.4, -0.2) is 40.7 Å². The number of thiazole rings is 1. The number of hydrogen-bond acceptors (Lipinski definition) is 6. The van der Waals surface area contributed by atoms with Crippen molar-refractivity contribution in [1.82, 2.24) is 9.88 Å². The topological polar surface area (TPSA) is 105 Å². The van der Waals surface area contributed by atoms with Crippen LogP contribution < -0.4 is 11.1 Å². The van der Waals surface area contributed by atoms with E-state index in [4.69, 9.17) is 17.3 Å². The second-order valence-electron chi connectivity index (χ2n) is 7.68. The summed E-state index contributed by atoms with van der Waals surface area (Å²) in [6.07, 6.45) is 1.28. The highest BCUT2D eigenvalue weighted by Gasteiger charge is 2.29. The van der Waals surface area contributed by atoms with Gasteiger partial charge in [0.05, 0.1) is 21.2 Å². The standard InChI is InChI=1S/C22H20ClFN4O3S2/c1-11-9-32-21(16(11)18(25)29)27-19(30)15-10-33-20(26-15)12-5-7-28(8-6-12)22(31)17-13(23)3-2-4-14(17)24/h2-4,9-10,12H,5-8H2,1H3,(H2,25,29)(H,27,30). The quantitative estimate of drug-likeness (QED) is 0.524. The number of likely N-dealkylation sites (tertiary alicyclic amines) is 1. The van der Waals surface area contributed by atoms with Gasteiger partial charge >= 0.3 is 0 Å². The molecule has 172 valence electrons. The molecule has 3 heterocycles. The van der Waals surface area contributed by atoms with E-state index in [1.807, 2.05) is 0 Å². The van der Waals surface area contributed by atoms with Crippen molar-refractivity contribution < 1.29 is 18.8 Å². The number of benzene rings is 1. The van der Waals surface area contributed by atoms with E-state index in [9.17, 15) is 18.8 Å². The van der Waals surface area contributed by atoms with Gasteiger partial charge in [-0.2, -0.15) is 0 Å². The van der Waals surface area contributed by atoms with E-state index in [1.54, 1.807) is 22.6 Å². The number of aromatic nitrogens is 1. The molecule has 1 saturated heterocycles. The molecule has 3 aromatic rings. The smallest absolute Gasteiger partial charge is 0.275 e. The summed E-state index contributed by atoms with van der Waals surface area (Å²) in [5.41, 5.74) is 6.57. The van der Waals surface area contributed by atoms with E-state index in [0.717, 1.165) is 5.01 Å². The Kier molecular flexibility index (Phi) is 6.78. The number of aryl methyl sites for hydroxylation is 1. The van der Waals surface area contributed by atoms with Crippen LogP contribution in [0.5, 0.6) is 0 Å². The highest BCUT2D eigenvalue weighted by atomic mass is 35.5. The van der Waals surface area contributed by atoms with Crippen LogP contribution in [0.1, 0.15) is 60.5 Å². The number of nitrogens with two attached hydrogens (primary N) is 1. The molecule has 1 aliphatic rings. The fourth-order valence-corrected chi connectivity index (χ4v) is 5.94. The number of anilines is 1. The van der Waals surface area contributed by atoms with Gasteiger partial charge in [0, 0.05) is 24.4 Å². The zero-order chi connectivity index (χ0) is 23.7. The average Bonchev–Trinajstić information content (AvgIpc) is 3.41. The molecule has 0 atom stereocenters. The number of nitrogens with one attached hydrogen (secondary N) is 1. The number of thiophene rings is 1. The van der Waals surface area contributed by atoms with Gasteiger partial charge in [-0.25, -0.2) is 9.37 Å². The molecule has 4 rings (SSSR count). The summed E-state index contributed by atoms with van der Waals surface area (Å²) in [5.74, 6) is -1.98. The van der Waals surface area contributed by atoms with E-state index in [0.29, 0.717) is 42.1 Å². The molecule has 1 fully saturated rings. The highest BCUT2D eigenvalue weighted by Crippen LogP contribution is 2.33. The summed E-state index contributed by atoms with van der Waals surface area (Å²) in [7, 11) is 0. The van der Waals surface area contributed by atoms with E-state index in [2.05, 4.69) is 10.3 Å². The Morgan fingerprint density at radius 2 is 1.91 bits per heavy atom. The highest BCUT2D eigenvalue weighted by molar-refractivity contribution is 7.15. The Hall–Kier alpha value is -2.82. The SMILES string of the molecule is Cc1csc(NC(=O)c2csc(C3CCN(C(=O)c4c(F)cccc4Cl)CC3)n2)c1C(N)=O. The molecule has 0 bridgehead atoms. The number of hydrogen-bond donors (Lipinski definition) is 2. The van der Waals surface area contributed by atoms with Crippen molar-refractivity contribution in [3.63, 3.8) is 0 Å². The Bertz CT molecular complexity index is 1210. The lowest BCUT2D eigenvalue weighted by atomic mass is 9.97. The molecule has 3 amide bonds. The summed E-state index contributed by atoms with van der Waals surface area (Å²) >= 11 is 8.64. The summed E-state index contributed by atoms with van der Waals surface area (Å²) in [5, 5.41) is 7.44. The van der Waals surface area contributed by atoms with Crippen molar-refractivity contribution >= 4 is 57.0 Å². The third-order valence-corrected chi connectivity index (χ3v) is 7.85. The normalized spacial score (nSPS) is 14.3. The number of carbonyl (C=O) groups is 3. The molecule has 0 unspecified atom stereocenters. The molecule has 0 saturated carbocycles. The van der Waals surface area contributed by atoms with Gasteiger partial charge in [0.15, 0.2) is 0 Å². The number of primary amides is 1. The van der Waals surface area contributed by atoms with E-state index >= 15 is 0 Å². The molecule has 7 nitrogen and oxygen atoms in total. The lowest BCUT2D eigenvalue weighted by Crippen LogP contribution is -2.38. The average molecular weight is 507 g/mol. The minimum atomic E-state index is -0.634. The first-order chi connectivity index (χ1) is 15.8. The predicted octanol–water partition coefficient (Wildman–Crippen LogP) is 4.68. The first kappa shape index (κ1) is 23.3. The van der Waals surface area contributed by atoms with Gasteiger partial charge in [0.1, 0.15) is 16.5 Å². The van der Waals surface area contributed by atoms with Crippen molar-refractivity contribution in [2.24, 2.45) is 5.73 Å². The Morgan fingerprint density at radius 3 is 2.58 bits per heavy atom. The largest absolute Gasteiger partial charge is 0.365 e. The zero-order valence-corrected chi connectivity index (χ0v) is 20.0. The van der Waals surface area contributed by atoms with Crippen molar-refractivity contribution in [3.05, 3.63) is 67.2 Å². The first-order valence-corrected chi connectivity index (χ1v) is 12.3. The number of halogens is 2. The molecular weight excluding hydrogens is 487 g/mol. The minimum Gasteiger partial charge on any atom is -0.365 e. The lowest BCUT2D eigenvalue weighted by Gasteiger charge is -2.31. The van der Waals surface area contributed by atoms with Crippen LogP contribution in [0.3, 0.4) is 0 Å². The van der Waals surface area contributed by atoms with Gasteiger partial charge in [-0.3, -0.25) is 14.4 Å². The maximum absolute atomic E-state index is 14.1. The Balaban J connectivity index is 1.40. The summed E-state index contributed by atoms with van der Waals surface area (Å²) in [6.45, 7) is 2.63. The number of rotatable bonds is 5. The predicted molar refractivity (Wildman–Crippen MR) is 127 cm³/mol. The first-order valence-electron chi connectivity index (χ1n) is 10.1. The molecule has 1 aliphatic heterocycles. The van der Waals surface area contributed by atoms with Gasteiger partial charge in [-0.1, -0.05) is 17.7 Å². The minimum absolute atomic E-state index is 0.0851. The summed E-state index contributed by atoms with van der Waals surface area (Å²) in [4.78, 5) is 43.1. The monoisotopic (exact) mass is 506 g/mol. The lowest BCUT2D eigenvalue weighted by molar-refractivity contribution is 0.0708. The van der Waals surface area contributed by atoms with Crippen molar-refractivity contribution in [1.29, 1.82) is 0 Å². The maximum Gasteiger partial charge on any atom is 0.275 e. The van der Waals surface area contributed by atoms with Crippen LogP contribution in [0, 0.1) is 12.7 Å². The van der Waals surface area contributed by atoms with E-state index < -0.39 is 23.5 Å².